The van der Waals surface area contributed by atoms with Crippen molar-refractivity contribution in [3.05, 3.63) is 0 Å². The molecule has 0 aliphatic rings. The highest BCUT2D eigenvalue weighted by molar-refractivity contribution is 5.65. The summed E-state index contributed by atoms with van der Waals surface area (Å²) in [5, 5.41) is 0. The van der Waals surface area contributed by atoms with Gasteiger partial charge >= 0.3 is 6.09 Å². The van der Waals surface area contributed by atoms with E-state index < -0.39 is 6.09 Å². The van der Waals surface area contributed by atoms with Crippen LogP contribution >= 0.6 is 0 Å². The highest BCUT2D eigenvalue weighted by atomic mass is 16.7. The molecule has 0 heterocycles. The summed E-state index contributed by atoms with van der Waals surface area (Å²) in [6.07, 6.45) is 22.3. The lowest BCUT2D eigenvalue weighted by atomic mass is 10.0. The first kappa shape index (κ1) is 35.2. The van der Waals surface area contributed by atoms with Crippen LogP contribution in [0.5, 0.6) is 0 Å². The Kier molecular flexibility index (Phi) is 22.7. The van der Waals surface area contributed by atoms with E-state index in [1.54, 1.807) is 7.11 Å². The summed E-state index contributed by atoms with van der Waals surface area (Å²) < 4.78 is 16.5. The number of ether oxygens (including phenoxy) is 3. The molecule has 0 aromatic rings. The Morgan fingerprint density at radius 1 is 0.611 bits per heavy atom. The van der Waals surface area contributed by atoms with Gasteiger partial charge in [-0.25, -0.2) is 4.79 Å². The van der Waals surface area contributed by atoms with Crippen LogP contribution in [-0.2, 0) is 19.0 Å². The predicted octanol–water partition coefficient (Wildman–Crippen LogP) is 8.91. The fourth-order valence-corrected chi connectivity index (χ4v) is 4.00. The first-order valence-electron chi connectivity index (χ1n) is 15.0. The average Bonchev–Trinajstić information content (AvgIpc) is 2.83. The van der Waals surface area contributed by atoms with Crippen LogP contribution in [-0.4, -0.2) is 44.2 Å². The van der Waals surface area contributed by atoms with Gasteiger partial charge in [0.1, 0.15) is 0 Å². The van der Waals surface area contributed by atoms with E-state index >= 15 is 0 Å². The molecule has 0 unspecified atom stereocenters. The van der Waals surface area contributed by atoms with Gasteiger partial charge in [-0.2, -0.15) is 5.48 Å². The van der Waals surface area contributed by atoms with Crippen LogP contribution in [0.25, 0.3) is 0 Å². The molecule has 0 aliphatic carbocycles. The van der Waals surface area contributed by atoms with E-state index in [-0.39, 0.29) is 17.8 Å². The molecule has 0 saturated heterocycles. The molecule has 6 heteroatoms. The second-order valence-corrected chi connectivity index (χ2v) is 11.5. The van der Waals surface area contributed by atoms with Gasteiger partial charge in [-0.1, -0.05) is 103 Å². The predicted molar refractivity (Wildman–Crippen MR) is 150 cm³/mol. The Bertz CT molecular complexity index is 496. The van der Waals surface area contributed by atoms with Gasteiger partial charge in [0, 0.05) is 13.5 Å². The molecule has 0 spiro atoms. The summed E-state index contributed by atoms with van der Waals surface area (Å²) >= 11 is 0. The van der Waals surface area contributed by atoms with Crippen LogP contribution < -0.4 is 5.48 Å². The lowest BCUT2D eigenvalue weighted by Gasteiger charge is -2.28. The molecule has 0 radical (unpaired) electrons. The van der Waals surface area contributed by atoms with Gasteiger partial charge in [-0.3, -0.25) is 4.84 Å². The number of unbranched alkanes of at least 4 members (excludes halogenated alkanes) is 15. The van der Waals surface area contributed by atoms with Gasteiger partial charge in [0.05, 0.1) is 31.0 Å². The number of carbonyl (C=O) groups is 1. The molecule has 0 atom stereocenters. The Balaban J connectivity index is 3.40. The summed E-state index contributed by atoms with van der Waals surface area (Å²) in [5.74, 6) is 0. The van der Waals surface area contributed by atoms with Crippen molar-refractivity contribution in [3.8, 4) is 0 Å². The molecule has 0 saturated carbocycles. The third-order valence-corrected chi connectivity index (χ3v) is 6.94. The van der Waals surface area contributed by atoms with Crippen molar-refractivity contribution in [1.82, 2.24) is 5.48 Å². The Hall–Kier alpha value is -0.850. The van der Waals surface area contributed by atoms with Gasteiger partial charge in [-0.15, -0.1) is 0 Å². The van der Waals surface area contributed by atoms with Crippen molar-refractivity contribution in [2.45, 2.75) is 161 Å². The monoisotopic (exact) mass is 515 g/mol. The number of amides is 1. The third kappa shape index (κ3) is 24.8. The van der Waals surface area contributed by atoms with Crippen LogP contribution in [0.4, 0.5) is 4.79 Å². The zero-order chi connectivity index (χ0) is 27.0. The van der Waals surface area contributed by atoms with Crippen molar-refractivity contribution in [1.29, 1.82) is 0 Å². The zero-order valence-corrected chi connectivity index (χ0v) is 24.9. The SMILES string of the molecule is CCCCCCCCCCCCCCCCCCONC(=O)OCCC(C)(C)OCCC(C)(C)OC. The third-order valence-electron chi connectivity index (χ3n) is 6.94. The quantitative estimate of drug-likeness (QED) is 0.0920. The molecule has 0 aliphatic heterocycles. The minimum Gasteiger partial charge on any atom is -0.448 e. The fourth-order valence-electron chi connectivity index (χ4n) is 4.00. The van der Waals surface area contributed by atoms with Crippen LogP contribution in [0, 0.1) is 0 Å². The summed E-state index contributed by atoms with van der Waals surface area (Å²) in [5.41, 5.74) is 1.81. The number of hydroxylamine groups is 1. The summed E-state index contributed by atoms with van der Waals surface area (Å²) in [6, 6.07) is 0. The Morgan fingerprint density at radius 2 is 1.06 bits per heavy atom. The topological polar surface area (TPSA) is 66.0 Å². The normalized spacial score (nSPS) is 12.2. The second kappa shape index (κ2) is 23.3. The van der Waals surface area contributed by atoms with Crippen LogP contribution in [0.2, 0.25) is 0 Å². The lowest BCUT2D eigenvalue weighted by molar-refractivity contribution is -0.0675. The Morgan fingerprint density at radius 3 is 1.53 bits per heavy atom. The molecule has 6 nitrogen and oxygen atoms in total. The van der Waals surface area contributed by atoms with Crippen molar-refractivity contribution in [2.75, 3.05) is 26.9 Å². The van der Waals surface area contributed by atoms with E-state index in [2.05, 4.69) is 12.4 Å². The van der Waals surface area contributed by atoms with E-state index in [1.165, 1.54) is 89.9 Å². The van der Waals surface area contributed by atoms with Crippen molar-refractivity contribution < 1.29 is 23.8 Å². The molecule has 1 N–H and O–H groups in total. The maximum atomic E-state index is 11.8. The lowest BCUT2D eigenvalue weighted by Crippen LogP contribution is -2.32. The van der Waals surface area contributed by atoms with E-state index in [9.17, 15) is 4.79 Å². The second-order valence-electron chi connectivity index (χ2n) is 11.5. The van der Waals surface area contributed by atoms with E-state index in [0.717, 1.165) is 19.3 Å². The minimum atomic E-state index is -0.539. The van der Waals surface area contributed by atoms with Crippen molar-refractivity contribution >= 4 is 6.09 Å². The standard InChI is InChI=1S/C30H61NO5/c1-7-8-9-10-11-12-13-14-15-16-17-18-19-20-21-22-25-36-31-28(32)34-26-23-30(4,5)35-27-24-29(2,3)33-6/h7-27H2,1-6H3,(H,31,32). The summed E-state index contributed by atoms with van der Waals surface area (Å²) in [4.78, 5) is 17.0. The highest BCUT2D eigenvalue weighted by Gasteiger charge is 2.22. The number of hydrogen-bond donors (Lipinski definition) is 1. The molecule has 216 valence electrons. The van der Waals surface area contributed by atoms with Crippen molar-refractivity contribution in [3.63, 3.8) is 0 Å². The molecule has 1 amide bonds. The number of carbonyl (C=O) groups excluding carboxylic acids is 1. The first-order valence-corrected chi connectivity index (χ1v) is 15.0. The van der Waals surface area contributed by atoms with E-state index in [0.29, 0.717) is 19.6 Å². The molecular weight excluding hydrogens is 454 g/mol. The largest absolute Gasteiger partial charge is 0.448 e. The molecule has 0 aromatic carbocycles. The average molecular weight is 516 g/mol. The maximum Gasteiger partial charge on any atom is 0.431 e. The fraction of sp³-hybridized carbons (Fsp3) is 0.967. The number of rotatable bonds is 26. The molecule has 36 heavy (non-hydrogen) atoms. The number of methoxy groups -OCH3 is 1. The maximum absolute atomic E-state index is 11.8. The van der Waals surface area contributed by atoms with Gasteiger partial charge in [-0.05, 0) is 40.5 Å². The number of nitrogens with one attached hydrogen (secondary N) is 1. The van der Waals surface area contributed by atoms with Crippen molar-refractivity contribution in [2.24, 2.45) is 0 Å². The molecule has 0 rings (SSSR count). The molecule has 0 aromatic heterocycles. The van der Waals surface area contributed by atoms with E-state index in [4.69, 9.17) is 19.0 Å². The minimum absolute atomic E-state index is 0.198. The highest BCUT2D eigenvalue weighted by Crippen LogP contribution is 2.19. The van der Waals surface area contributed by atoms with Gasteiger partial charge in [0.25, 0.3) is 0 Å². The van der Waals surface area contributed by atoms with Gasteiger partial charge in [0.15, 0.2) is 0 Å². The van der Waals surface area contributed by atoms with Crippen LogP contribution in [0.15, 0.2) is 0 Å². The summed E-state index contributed by atoms with van der Waals surface area (Å²) in [6.45, 7) is 11.8. The Labute approximate surface area is 223 Å². The smallest absolute Gasteiger partial charge is 0.431 e. The van der Waals surface area contributed by atoms with Crippen LogP contribution in [0.3, 0.4) is 0 Å². The summed E-state index contributed by atoms with van der Waals surface area (Å²) in [7, 11) is 1.71. The zero-order valence-electron chi connectivity index (χ0n) is 24.9. The molecule has 0 fully saturated rings. The van der Waals surface area contributed by atoms with Crippen LogP contribution in [0.1, 0.15) is 150 Å². The number of hydrogen-bond acceptors (Lipinski definition) is 5. The first-order chi connectivity index (χ1) is 17.2. The van der Waals surface area contributed by atoms with Gasteiger partial charge in [0.2, 0.25) is 0 Å². The molecular formula is C30H61NO5. The van der Waals surface area contributed by atoms with E-state index in [1.807, 2.05) is 27.7 Å². The molecule has 0 bridgehead atoms. The van der Waals surface area contributed by atoms with Gasteiger partial charge < -0.3 is 14.2 Å².